The van der Waals surface area contributed by atoms with Crippen LogP contribution in [0.5, 0.6) is 11.5 Å². The van der Waals surface area contributed by atoms with E-state index >= 15 is 0 Å². The number of rotatable bonds is 2. The van der Waals surface area contributed by atoms with Crippen molar-refractivity contribution in [1.29, 1.82) is 0 Å². The van der Waals surface area contributed by atoms with Crippen LogP contribution in [0.25, 0.3) is 33.4 Å². The predicted octanol–water partition coefficient (Wildman–Crippen LogP) is 8.14. The maximum absolute atomic E-state index is 11.0. The van der Waals surface area contributed by atoms with Crippen molar-refractivity contribution in [3.05, 3.63) is 95.6 Å². The van der Waals surface area contributed by atoms with Crippen molar-refractivity contribution in [2.45, 2.75) is 78.6 Å². The van der Waals surface area contributed by atoms with Gasteiger partial charge in [-0.05, 0) is 58.2 Å². The Kier molecular flexibility index (Phi) is 5.68. The zero-order valence-corrected chi connectivity index (χ0v) is 27.1. The topological polar surface area (TPSA) is 68.0 Å². The van der Waals surface area contributed by atoms with Gasteiger partial charge in [-0.3, -0.25) is 0 Å². The standard InChI is InChI=1S/C20H25N3O.C16H17N3O/c1-19(2,3)13-11-14(20(4,5)6)18(24)17(12-13)23-21-15-9-7-8-10-16(15)22(21)23;1-16(2,3)11-7-6-10-14(15(11)20)19-17-12-8-4-5-9-13(12)18(17)19/h7-12,24H,1-6H3;4-10,20H,1-3H3. The summed E-state index contributed by atoms with van der Waals surface area (Å²) in [5.74, 6) is 0.733. The number of phenolic OH excluding ortho intramolecular Hbond substituents is 2. The van der Waals surface area contributed by atoms with E-state index < -0.39 is 0 Å². The van der Waals surface area contributed by atoms with Gasteiger partial charge in [0, 0.05) is 11.1 Å². The summed E-state index contributed by atoms with van der Waals surface area (Å²) in [6, 6.07) is 26.7. The van der Waals surface area contributed by atoms with Crippen molar-refractivity contribution in [1.82, 2.24) is 28.1 Å². The Morgan fingerprint density at radius 2 is 0.841 bits per heavy atom. The summed E-state index contributed by atoms with van der Waals surface area (Å²) in [7, 11) is 0. The fourth-order valence-electron chi connectivity index (χ4n) is 6.07. The Balaban J connectivity index is 0.000000144. The number of hydrogen-bond donors (Lipinski definition) is 2. The van der Waals surface area contributed by atoms with Crippen molar-refractivity contribution >= 4 is 22.1 Å². The quantitative estimate of drug-likeness (QED) is 0.213. The van der Waals surface area contributed by atoms with Crippen LogP contribution >= 0.6 is 0 Å². The molecule has 4 heterocycles. The second-order valence-corrected chi connectivity index (χ2v) is 15.0. The molecule has 0 saturated carbocycles. The van der Waals surface area contributed by atoms with E-state index in [0.717, 1.165) is 22.5 Å². The monoisotopic (exact) mass is 590 g/mol. The Labute approximate surface area is 257 Å². The van der Waals surface area contributed by atoms with Gasteiger partial charge < -0.3 is 10.2 Å². The molecule has 0 spiro atoms. The average Bonchev–Trinajstić information content (AvgIpc) is 3.79. The summed E-state index contributed by atoms with van der Waals surface area (Å²) in [5, 5.41) is 21.6. The van der Waals surface area contributed by atoms with Gasteiger partial charge in [-0.15, -0.1) is 28.1 Å². The number of hydrogen-bond acceptors (Lipinski definition) is 2. The van der Waals surface area contributed by atoms with E-state index in [0.29, 0.717) is 11.5 Å². The van der Waals surface area contributed by atoms with Gasteiger partial charge in [0.1, 0.15) is 44.9 Å². The summed E-state index contributed by atoms with van der Waals surface area (Å²) < 4.78 is 8.28. The van der Waals surface area contributed by atoms with Gasteiger partial charge >= 0.3 is 0 Å². The molecule has 0 aliphatic heterocycles. The highest BCUT2D eigenvalue weighted by Gasteiger charge is 2.31. The number of benzene rings is 4. The molecule has 8 nitrogen and oxygen atoms in total. The summed E-state index contributed by atoms with van der Waals surface area (Å²) in [4.78, 5) is 4.04. The van der Waals surface area contributed by atoms with E-state index in [2.05, 4.69) is 117 Å². The van der Waals surface area contributed by atoms with Crippen LogP contribution in [0.2, 0.25) is 0 Å². The van der Waals surface area contributed by atoms with Gasteiger partial charge in [0.2, 0.25) is 0 Å². The molecule has 8 heteroatoms. The van der Waals surface area contributed by atoms with Crippen LogP contribution < -0.4 is 0 Å². The Bertz CT molecular complexity index is 2170. The van der Waals surface area contributed by atoms with Crippen molar-refractivity contribution in [3.63, 3.8) is 0 Å². The minimum absolute atomic E-state index is 0.0228. The third kappa shape index (κ3) is 4.11. The smallest absolute Gasteiger partial charge is 0.146 e. The lowest BCUT2D eigenvalue weighted by Gasteiger charge is -2.26. The van der Waals surface area contributed by atoms with Gasteiger partial charge in [-0.25, -0.2) is 0 Å². The van der Waals surface area contributed by atoms with E-state index in [1.807, 2.05) is 52.1 Å². The summed E-state index contributed by atoms with van der Waals surface area (Å²) in [6.07, 6.45) is 0. The zero-order valence-electron chi connectivity index (χ0n) is 27.1. The molecule has 0 aliphatic carbocycles. The van der Waals surface area contributed by atoms with Crippen LogP contribution in [0.1, 0.15) is 79.0 Å². The average molecular weight is 591 g/mol. The molecule has 0 bridgehead atoms. The summed E-state index contributed by atoms with van der Waals surface area (Å²) in [5.41, 5.74) is 9.39. The highest BCUT2D eigenvalue weighted by molar-refractivity contribution is 5.80. The molecule has 0 radical (unpaired) electrons. The van der Waals surface area contributed by atoms with Crippen LogP contribution in [0.3, 0.4) is 0 Å². The SMILES string of the molecule is CC(C)(C)c1cc(-n2n3c4ccccc4n23)c(O)c(C(C)(C)C)c1.CC(C)(C)c1cccc(-n2n3c4ccccc4n23)c1O. The molecular formula is C36H42N6O2. The third-order valence-corrected chi connectivity index (χ3v) is 8.66. The van der Waals surface area contributed by atoms with Crippen LogP contribution in [0, 0.1) is 0 Å². The number of nitrogens with zero attached hydrogens (tertiary/aromatic N) is 6. The normalized spacial score (nSPS) is 13.3. The van der Waals surface area contributed by atoms with Crippen LogP contribution in [0.15, 0.2) is 78.9 Å². The zero-order chi connectivity index (χ0) is 31.5. The van der Waals surface area contributed by atoms with Crippen molar-refractivity contribution in [2.24, 2.45) is 0 Å². The van der Waals surface area contributed by atoms with Crippen molar-refractivity contribution in [3.8, 4) is 22.9 Å². The summed E-state index contributed by atoms with van der Waals surface area (Å²) >= 11 is 0. The van der Waals surface area contributed by atoms with Crippen molar-refractivity contribution < 1.29 is 10.2 Å². The van der Waals surface area contributed by atoms with Crippen LogP contribution in [-0.4, -0.2) is 38.3 Å². The number of aromatic nitrogens is 6. The van der Waals surface area contributed by atoms with E-state index in [1.165, 1.54) is 27.6 Å². The molecule has 2 N–H and O–H groups in total. The maximum Gasteiger partial charge on any atom is 0.146 e. The Morgan fingerprint density at radius 3 is 1.25 bits per heavy atom. The molecule has 0 atom stereocenters. The molecule has 4 aromatic heterocycles. The number of phenols is 2. The molecule has 0 unspecified atom stereocenters. The largest absolute Gasteiger partial charge is 0.505 e. The van der Waals surface area contributed by atoms with Gasteiger partial charge in [0.05, 0.1) is 0 Å². The fraction of sp³-hybridized carbons (Fsp3) is 0.333. The van der Waals surface area contributed by atoms with E-state index in [4.69, 9.17) is 0 Å². The molecule has 228 valence electrons. The molecule has 0 saturated heterocycles. The minimum atomic E-state index is -0.118. The van der Waals surface area contributed by atoms with Gasteiger partial charge in [0.15, 0.2) is 0 Å². The molecule has 0 amide bonds. The highest BCUT2D eigenvalue weighted by Crippen LogP contribution is 2.41. The first-order chi connectivity index (χ1) is 20.6. The predicted molar refractivity (Wildman–Crippen MR) is 177 cm³/mol. The summed E-state index contributed by atoms with van der Waals surface area (Å²) in [6.45, 7) is 19.4. The lowest BCUT2D eigenvalue weighted by Crippen LogP contribution is -2.17. The third-order valence-electron chi connectivity index (χ3n) is 8.66. The molecule has 8 aromatic rings. The van der Waals surface area contributed by atoms with Crippen LogP contribution in [0.4, 0.5) is 0 Å². The van der Waals surface area contributed by atoms with Crippen LogP contribution in [-0.2, 0) is 16.2 Å². The molecule has 4 aromatic carbocycles. The lowest BCUT2D eigenvalue weighted by molar-refractivity contribution is 0.441. The molecule has 0 aliphatic rings. The molecule has 8 rings (SSSR count). The maximum atomic E-state index is 11.0. The molecular weight excluding hydrogens is 548 g/mol. The van der Waals surface area contributed by atoms with Gasteiger partial charge in [0.25, 0.3) is 0 Å². The minimum Gasteiger partial charge on any atom is -0.505 e. The number of fused-ring (bicyclic) bond motifs is 8. The second-order valence-electron chi connectivity index (χ2n) is 15.0. The van der Waals surface area contributed by atoms with E-state index in [9.17, 15) is 10.2 Å². The molecule has 0 fully saturated rings. The fourth-order valence-corrected chi connectivity index (χ4v) is 6.07. The van der Waals surface area contributed by atoms with Crippen molar-refractivity contribution in [2.75, 3.05) is 0 Å². The lowest BCUT2D eigenvalue weighted by atomic mass is 9.80. The first kappa shape index (κ1) is 28.1. The Morgan fingerprint density at radius 1 is 0.432 bits per heavy atom. The van der Waals surface area contributed by atoms with Gasteiger partial charge in [-0.2, -0.15) is 0 Å². The number of para-hydroxylation sites is 5. The second kappa shape index (κ2) is 8.91. The molecule has 44 heavy (non-hydrogen) atoms. The van der Waals surface area contributed by atoms with Gasteiger partial charge in [-0.1, -0.05) is 105 Å². The van der Waals surface area contributed by atoms with E-state index in [1.54, 1.807) is 0 Å². The van der Waals surface area contributed by atoms with E-state index in [-0.39, 0.29) is 16.2 Å². The number of aromatic hydroxyl groups is 2. The first-order valence-corrected chi connectivity index (χ1v) is 15.3. The Hall–Kier alpha value is -4.72. The highest BCUT2D eigenvalue weighted by atomic mass is 16.3. The first-order valence-electron chi connectivity index (χ1n) is 15.3.